The molecule has 0 aromatic heterocycles. The first-order valence-electron chi connectivity index (χ1n) is 9.28. The summed E-state index contributed by atoms with van der Waals surface area (Å²) in [7, 11) is -3.44. The quantitative estimate of drug-likeness (QED) is 0.764. The molecule has 3 unspecified atom stereocenters. The van der Waals surface area contributed by atoms with E-state index in [1.807, 2.05) is 0 Å². The molecule has 1 aromatic rings. The van der Waals surface area contributed by atoms with Gasteiger partial charge in [0.15, 0.2) is 0 Å². The molecule has 0 radical (unpaired) electrons. The summed E-state index contributed by atoms with van der Waals surface area (Å²) in [6.07, 6.45) is 6.88. The number of nitrogens with zero attached hydrogens (tertiary/aromatic N) is 1. The van der Waals surface area contributed by atoms with Crippen LogP contribution in [-0.2, 0) is 14.8 Å². The molecule has 2 bridgehead atoms. The van der Waals surface area contributed by atoms with Gasteiger partial charge in [0, 0.05) is 24.0 Å². The van der Waals surface area contributed by atoms with E-state index in [4.69, 9.17) is 11.6 Å². The van der Waals surface area contributed by atoms with Gasteiger partial charge in [-0.05, 0) is 62.1 Å². The van der Waals surface area contributed by atoms with Gasteiger partial charge in [-0.3, -0.25) is 9.10 Å². The monoisotopic (exact) mass is 398 g/mol. The van der Waals surface area contributed by atoms with E-state index in [0.29, 0.717) is 35.5 Å². The van der Waals surface area contributed by atoms with Crippen molar-refractivity contribution in [2.45, 2.75) is 51.5 Å². The molecule has 1 aromatic carbocycles. The minimum atomic E-state index is -3.44. The molecular formula is C19H27ClN2O3S. The third-order valence-corrected chi connectivity index (χ3v) is 7.35. The SMILES string of the molecule is Cc1c(Cl)cccc1N(CCCC(=O)NC1CC2CCC1C2)S(C)(=O)=O. The number of sulfonamides is 1. The van der Waals surface area contributed by atoms with E-state index in [2.05, 4.69) is 5.32 Å². The highest BCUT2D eigenvalue weighted by atomic mass is 35.5. The van der Waals surface area contributed by atoms with Crippen molar-refractivity contribution in [1.29, 1.82) is 0 Å². The number of halogens is 1. The number of anilines is 1. The number of benzene rings is 1. The van der Waals surface area contributed by atoms with Crippen LogP contribution in [0.4, 0.5) is 5.69 Å². The Hall–Kier alpha value is -1.27. The lowest BCUT2D eigenvalue weighted by Gasteiger charge is -2.25. The molecule has 3 atom stereocenters. The standard InChI is InChI=1S/C19H27ClN2O3S/c1-13-16(20)5-3-6-18(13)22(26(2,24)25)10-4-7-19(23)21-17-12-14-8-9-15(17)11-14/h3,5-6,14-15,17H,4,7-12H2,1-2H3,(H,21,23). The second-order valence-electron chi connectivity index (χ2n) is 7.67. The molecule has 1 amide bonds. The fourth-order valence-electron chi connectivity index (χ4n) is 4.41. The smallest absolute Gasteiger partial charge is 0.232 e. The Morgan fingerprint density at radius 2 is 2.08 bits per heavy atom. The van der Waals surface area contributed by atoms with Crippen LogP contribution in [0.1, 0.15) is 44.1 Å². The summed E-state index contributed by atoms with van der Waals surface area (Å²) >= 11 is 6.13. The van der Waals surface area contributed by atoms with Gasteiger partial charge in [0.2, 0.25) is 15.9 Å². The van der Waals surface area contributed by atoms with Crippen LogP contribution < -0.4 is 9.62 Å². The normalized spacial score (nSPS) is 24.7. The number of nitrogens with one attached hydrogen (secondary N) is 1. The Morgan fingerprint density at radius 1 is 1.31 bits per heavy atom. The Balaban J connectivity index is 1.57. The predicted octanol–water partition coefficient (Wildman–Crippen LogP) is 3.50. The molecule has 1 N–H and O–H groups in total. The van der Waals surface area contributed by atoms with E-state index in [-0.39, 0.29) is 12.5 Å². The molecule has 5 nitrogen and oxygen atoms in total. The number of hydrogen-bond acceptors (Lipinski definition) is 3. The van der Waals surface area contributed by atoms with Gasteiger partial charge in [0.25, 0.3) is 0 Å². The topological polar surface area (TPSA) is 66.5 Å². The van der Waals surface area contributed by atoms with Gasteiger partial charge < -0.3 is 5.32 Å². The lowest BCUT2D eigenvalue weighted by atomic mass is 9.95. The van der Waals surface area contributed by atoms with Crippen LogP contribution >= 0.6 is 11.6 Å². The average Bonchev–Trinajstić information content (AvgIpc) is 3.16. The van der Waals surface area contributed by atoms with Crippen LogP contribution in [0.3, 0.4) is 0 Å². The fourth-order valence-corrected chi connectivity index (χ4v) is 5.60. The highest BCUT2D eigenvalue weighted by Crippen LogP contribution is 2.44. The molecule has 0 aliphatic heterocycles. The maximum absolute atomic E-state index is 12.3. The average molecular weight is 399 g/mol. The number of carbonyl (C=O) groups is 1. The Kier molecular flexibility index (Phi) is 5.82. The third kappa shape index (κ3) is 4.34. The molecule has 26 heavy (non-hydrogen) atoms. The number of amides is 1. The van der Waals surface area contributed by atoms with Crippen molar-refractivity contribution in [1.82, 2.24) is 5.32 Å². The molecular weight excluding hydrogens is 372 g/mol. The van der Waals surface area contributed by atoms with E-state index < -0.39 is 10.0 Å². The zero-order chi connectivity index (χ0) is 18.9. The molecule has 0 spiro atoms. The predicted molar refractivity (Wildman–Crippen MR) is 105 cm³/mol. The summed E-state index contributed by atoms with van der Waals surface area (Å²) in [5, 5.41) is 3.69. The Bertz CT molecular complexity index is 781. The highest BCUT2D eigenvalue weighted by molar-refractivity contribution is 7.92. The van der Waals surface area contributed by atoms with Crippen LogP contribution in [0, 0.1) is 18.8 Å². The van der Waals surface area contributed by atoms with Gasteiger partial charge in [0.1, 0.15) is 0 Å². The number of carbonyl (C=O) groups excluding carboxylic acids is 1. The third-order valence-electron chi connectivity index (χ3n) is 5.76. The summed E-state index contributed by atoms with van der Waals surface area (Å²) in [4.78, 5) is 12.3. The molecule has 0 heterocycles. The van der Waals surface area contributed by atoms with Gasteiger partial charge in [-0.2, -0.15) is 0 Å². The molecule has 7 heteroatoms. The Labute approximate surface area is 161 Å². The summed E-state index contributed by atoms with van der Waals surface area (Å²) in [5.74, 6) is 1.46. The van der Waals surface area contributed by atoms with Gasteiger partial charge in [-0.15, -0.1) is 0 Å². The van der Waals surface area contributed by atoms with Crippen molar-refractivity contribution in [2.24, 2.45) is 11.8 Å². The van der Waals surface area contributed by atoms with Crippen molar-refractivity contribution in [3.05, 3.63) is 28.8 Å². The van der Waals surface area contributed by atoms with E-state index in [1.54, 1.807) is 25.1 Å². The summed E-state index contributed by atoms with van der Waals surface area (Å²) in [6.45, 7) is 2.07. The van der Waals surface area contributed by atoms with Crippen LogP contribution in [0.25, 0.3) is 0 Å². The molecule has 2 saturated carbocycles. The molecule has 144 valence electrons. The van der Waals surface area contributed by atoms with Crippen LogP contribution in [0.5, 0.6) is 0 Å². The van der Waals surface area contributed by atoms with Crippen LogP contribution in [0.15, 0.2) is 18.2 Å². The van der Waals surface area contributed by atoms with Crippen LogP contribution in [-0.4, -0.2) is 33.2 Å². The minimum absolute atomic E-state index is 0.0267. The first-order valence-corrected chi connectivity index (χ1v) is 11.5. The number of fused-ring (bicyclic) bond motifs is 2. The van der Waals surface area contributed by atoms with E-state index >= 15 is 0 Å². The lowest BCUT2D eigenvalue weighted by Crippen LogP contribution is -2.39. The first-order chi connectivity index (χ1) is 12.3. The zero-order valence-electron chi connectivity index (χ0n) is 15.4. The van der Waals surface area contributed by atoms with Gasteiger partial charge in [-0.1, -0.05) is 24.1 Å². The largest absolute Gasteiger partial charge is 0.353 e. The van der Waals surface area contributed by atoms with Crippen molar-refractivity contribution >= 4 is 33.2 Å². The molecule has 3 rings (SSSR count). The number of hydrogen-bond donors (Lipinski definition) is 1. The first kappa shape index (κ1) is 19.5. The van der Waals surface area contributed by atoms with Crippen molar-refractivity contribution in [3.8, 4) is 0 Å². The van der Waals surface area contributed by atoms with Crippen molar-refractivity contribution in [3.63, 3.8) is 0 Å². The summed E-state index contributed by atoms with van der Waals surface area (Å²) < 4.78 is 25.8. The second kappa shape index (κ2) is 7.77. The summed E-state index contributed by atoms with van der Waals surface area (Å²) in [6, 6.07) is 5.55. The second-order valence-corrected chi connectivity index (χ2v) is 9.99. The van der Waals surface area contributed by atoms with Gasteiger partial charge in [-0.25, -0.2) is 8.42 Å². The number of rotatable bonds is 7. The van der Waals surface area contributed by atoms with Crippen molar-refractivity contribution < 1.29 is 13.2 Å². The van der Waals surface area contributed by atoms with Gasteiger partial charge in [0.05, 0.1) is 11.9 Å². The molecule has 2 fully saturated rings. The molecule has 0 saturated heterocycles. The van der Waals surface area contributed by atoms with Gasteiger partial charge >= 0.3 is 0 Å². The lowest BCUT2D eigenvalue weighted by molar-refractivity contribution is -0.122. The van der Waals surface area contributed by atoms with Crippen molar-refractivity contribution in [2.75, 3.05) is 17.1 Å². The van der Waals surface area contributed by atoms with Crippen LogP contribution in [0.2, 0.25) is 5.02 Å². The maximum atomic E-state index is 12.3. The van der Waals surface area contributed by atoms with E-state index in [0.717, 1.165) is 17.9 Å². The Morgan fingerprint density at radius 3 is 2.69 bits per heavy atom. The zero-order valence-corrected chi connectivity index (χ0v) is 16.9. The molecule has 2 aliphatic carbocycles. The maximum Gasteiger partial charge on any atom is 0.232 e. The highest BCUT2D eigenvalue weighted by Gasteiger charge is 2.39. The fraction of sp³-hybridized carbons (Fsp3) is 0.632. The summed E-state index contributed by atoms with van der Waals surface area (Å²) in [5.41, 5.74) is 1.31. The van der Waals surface area contributed by atoms with E-state index in [9.17, 15) is 13.2 Å². The molecule has 2 aliphatic rings. The minimum Gasteiger partial charge on any atom is -0.353 e. The van der Waals surface area contributed by atoms with E-state index in [1.165, 1.54) is 29.8 Å².